The molecule has 2 rings (SSSR count). The summed E-state index contributed by atoms with van der Waals surface area (Å²) in [5.74, 6) is 0. The molecule has 0 saturated heterocycles. The molecule has 0 radical (unpaired) electrons. The van der Waals surface area contributed by atoms with Gasteiger partial charge >= 0.3 is 0 Å². The Labute approximate surface area is 65.2 Å². The lowest BCUT2D eigenvalue weighted by molar-refractivity contribution is 0.673. The molecule has 11 heavy (non-hydrogen) atoms. The fraction of sp³-hybridized carbons (Fsp3) is 0.571. The maximum Gasteiger partial charge on any atom is 0.0743 e. The van der Waals surface area contributed by atoms with Crippen LogP contribution in [0.5, 0.6) is 0 Å². The molecule has 1 aliphatic rings. The molecule has 0 amide bonds. The molecule has 0 bridgehead atoms. The van der Waals surface area contributed by atoms with Gasteiger partial charge < -0.3 is 11.1 Å². The molecule has 1 aliphatic carbocycles. The number of rotatable bonds is 3. The molecule has 1 heterocycles. The third-order valence-electron chi connectivity index (χ3n) is 1.90. The van der Waals surface area contributed by atoms with Crippen molar-refractivity contribution in [1.29, 1.82) is 0 Å². The van der Waals surface area contributed by atoms with Crippen LogP contribution in [0.1, 0.15) is 18.5 Å². The van der Waals surface area contributed by atoms with Crippen LogP contribution < -0.4 is 11.1 Å². The first-order valence-corrected chi connectivity index (χ1v) is 3.87. The van der Waals surface area contributed by atoms with Gasteiger partial charge in [0, 0.05) is 12.6 Å². The predicted molar refractivity (Wildman–Crippen MR) is 42.9 cm³/mol. The van der Waals surface area contributed by atoms with Crippen LogP contribution in [0.2, 0.25) is 0 Å². The molecular formula is C7H12N4. The zero-order valence-electron chi connectivity index (χ0n) is 6.30. The van der Waals surface area contributed by atoms with E-state index in [2.05, 4.69) is 15.5 Å². The summed E-state index contributed by atoms with van der Waals surface area (Å²) >= 11 is 0. The normalized spacial score (nSPS) is 17.1. The lowest BCUT2D eigenvalue weighted by atomic mass is 10.4. The number of aromatic amines is 1. The molecule has 0 atom stereocenters. The fourth-order valence-electron chi connectivity index (χ4n) is 0.998. The van der Waals surface area contributed by atoms with Gasteiger partial charge in [0.05, 0.1) is 17.6 Å². The third kappa shape index (κ3) is 1.51. The first kappa shape index (κ1) is 6.67. The smallest absolute Gasteiger partial charge is 0.0743 e. The minimum Gasteiger partial charge on any atom is -0.396 e. The zero-order chi connectivity index (χ0) is 7.68. The van der Waals surface area contributed by atoms with Crippen LogP contribution in [0.25, 0.3) is 0 Å². The second-order valence-corrected chi connectivity index (χ2v) is 2.96. The van der Waals surface area contributed by atoms with E-state index in [1.165, 1.54) is 12.8 Å². The van der Waals surface area contributed by atoms with Crippen LogP contribution in [0.4, 0.5) is 5.69 Å². The Morgan fingerprint density at radius 2 is 2.55 bits per heavy atom. The number of nitrogens with zero attached hydrogens (tertiary/aromatic N) is 1. The van der Waals surface area contributed by atoms with Gasteiger partial charge in [0.2, 0.25) is 0 Å². The number of H-pyrrole nitrogens is 1. The van der Waals surface area contributed by atoms with Crippen molar-refractivity contribution < 1.29 is 0 Å². The molecule has 1 aromatic heterocycles. The van der Waals surface area contributed by atoms with E-state index in [0.29, 0.717) is 0 Å². The second-order valence-electron chi connectivity index (χ2n) is 2.96. The Bertz CT molecular complexity index is 238. The number of nitrogen functional groups attached to an aromatic ring is 1. The van der Waals surface area contributed by atoms with E-state index in [1.807, 2.05) is 0 Å². The van der Waals surface area contributed by atoms with Crippen molar-refractivity contribution in [2.45, 2.75) is 25.4 Å². The summed E-state index contributed by atoms with van der Waals surface area (Å²) in [7, 11) is 0. The minimum atomic E-state index is 0.720. The molecule has 4 heteroatoms. The monoisotopic (exact) mass is 152 g/mol. The Morgan fingerprint density at radius 3 is 3.09 bits per heavy atom. The molecule has 0 aliphatic heterocycles. The van der Waals surface area contributed by atoms with Gasteiger partial charge in [-0.05, 0) is 12.8 Å². The lowest BCUT2D eigenvalue weighted by Gasteiger charge is -1.99. The maximum absolute atomic E-state index is 5.61. The molecule has 1 aromatic rings. The summed E-state index contributed by atoms with van der Waals surface area (Å²) in [6, 6.07) is 0.720. The summed E-state index contributed by atoms with van der Waals surface area (Å²) in [4.78, 5) is 0. The van der Waals surface area contributed by atoms with Gasteiger partial charge in [0.25, 0.3) is 0 Å². The minimum absolute atomic E-state index is 0.720. The van der Waals surface area contributed by atoms with Gasteiger partial charge in [-0.15, -0.1) is 0 Å². The number of hydrogen-bond acceptors (Lipinski definition) is 3. The van der Waals surface area contributed by atoms with E-state index in [-0.39, 0.29) is 0 Å². The standard InChI is InChI=1S/C7H12N4/c8-6-3-10-11-7(6)4-9-5-1-2-5/h3,5,9H,1-2,4,8H2,(H,10,11). The van der Waals surface area contributed by atoms with Crippen molar-refractivity contribution in [3.05, 3.63) is 11.9 Å². The Kier molecular flexibility index (Phi) is 1.54. The molecule has 1 saturated carbocycles. The SMILES string of the molecule is Nc1cn[nH]c1CNC1CC1. The third-order valence-corrected chi connectivity index (χ3v) is 1.90. The summed E-state index contributed by atoms with van der Waals surface area (Å²) < 4.78 is 0. The molecule has 0 spiro atoms. The van der Waals surface area contributed by atoms with Gasteiger partial charge in [0.1, 0.15) is 0 Å². The molecule has 60 valence electrons. The summed E-state index contributed by atoms with van der Waals surface area (Å²) in [5, 5.41) is 10.0. The predicted octanol–water partition coefficient (Wildman–Crippen LogP) is 0.244. The van der Waals surface area contributed by atoms with E-state index in [9.17, 15) is 0 Å². The van der Waals surface area contributed by atoms with Gasteiger partial charge in [-0.25, -0.2) is 0 Å². The maximum atomic E-state index is 5.61. The highest BCUT2D eigenvalue weighted by atomic mass is 15.1. The Balaban J connectivity index is 1.89. The van der Waals surface area contributed by atoms with Gasteiger partial charge in [-0.3, -0.25) is 5.10 Å². The van der Waals surface area contributed by atoms with Gasteiger partial charge in [-0.2, -0.15) is 5.10 Å². The van der Waals surface area contributed by atoms with Crippen molar-refractivity contribution in [2.75, 3.05) is 5.73 Å². The highest BCUT2D eigenvalue weighted by Gasteiger charge is 2.20. The number of nitrogens with two attached hydrogens (primary N) is 1. The van der Waals surface area contributed by atoms with Crippen LogP contribution in [-0.2, 0) is 6.54 Å². The van der Waals surface area contributed by atoms with Crippen molar-refractivity contribution >= 4 is 5.69 Å². The van der Waals surface area contributed by atoms with E-state index < -0.39 is 0 Å². The number of aromatic nitrogens is 2. The summed E-state index contributed by atoms with van der Waals surface area (Å²) in [6.45, 7) is 0.816. The summed E-state index contributed by atoms with van der Waals surface area (Å²) in [6.07, 6.45) is 4.24. The largest absolute Gasteiger partial charge is 0.396 e. The average molecular weight is 152 g/mol. The van der Waals surface area contributed by atoms with Crippen molar-refractivity contribution in [3.8, 4) is 0 Å². The number of anilines is 1. The van der Waals surface area contributed by atoms with Crippen LogP contribution in [0.15, 0.2) is 6.20 Å². The lowest BCUT2D eigenvalue weighted by Crippen LogP contribution is -2.16. The second kappa shape index (κ2) is 2.54. The molecule has 1 fully saturated rings. The first-order valence-electron chi connectivity index (χ1n) is 3.87. The summed E-state index contributed by atoms with van der Waals surface area (Å²) in [5.41, 5.74) is 7.36. The van der Waals surface area contributed by atoms with Gasteiger partial charge in [0.15, 0.2) is 0 Å². The van der Waals surface area contributed by atoms with E-state index in [4.69, 9.17) is 5.73 Å². The molecule has 4 nitrogen and oxygen atoms in total. The van der Waals surface area contributed by atoms with Crippen molar-refractivity contribution in [1.82, 2.24) is 15.5 Å². The molecule has 4 N–H and O–H groups in total. The highest BCUT2D eigenvalue weighted by molar-refractivity contribution is 5.39. The molecule has 0 aromatic carbocycles. The number of hydrogen-bond donors (Lipinski definition) is 3. The van der Waals surface area contributed by atoms with Gasteiger partial charge in [-0.1, -0.05) is 0 Å². The Morgan fingerprint density at radius 1 is 1.73 bits per heavy atom. The zero-order valence-corrected chi connectivity index (χ0v) is 6.30. The van der Waals surface area contributed by atoms with Crippen LogP contribution >= 0.6 is 0 Å². The van der Waals surface area contributed by atoms with Crippen LogP contribution in [0.3, 0.4) is 0 Å². The van der Waals surface area contributed by atoms with Crippen LogP contribution in [-0.4, -0.2) is 16.2 Å². The molecule has 0 unspecified atom stereocenters. The van der Waals surface area contributed by atoms with E-state index in [0.717, 1.165) is 24.0 Å². The quantitative estimate of drug-likeness (QED) is 0.581. The first-order chi connectivity index (χ1) is 5.36. The molecular weight excluding hydrogens is 140 g/mol. The fourth-order valence-corrected chi connectivity index (χ4v) is 0.998. The van der Waals surface area contributed by atoms with E-state index >= 15 is 0 Å². The van der Waals surface area contributed by atoms with E-state index in [1.54, 1.807) is 6.20 Å². The van der Waals surface area contributed by atoms with Crippen molar-refractivity contribution in [2.24, 2.45) is 0 Å². The van der Waals surface area contributed by atoms with Crippen LogP contribution in [0, 0.1) is 0 Å². The Hall–Kier alpha value is -1.03. The highest BCUT2D eigenvalue weighted by Crippen LogP contribution is 2.19. The van der Waals surface area contributed by atoms with Crippen molar-refractivity contribution in [3.63, 3.8) is 0 Å². The number of nitrogens with one attached hydrogen (secondary N) is 2. The average Bonchev–Trinajstić information content (AvgIpc) is 2.73. The topological polar surface area (TPSA) is 66.7 Å².